The van der Waals surface area contributed by atoms with Gasteiger partial charge in [-0.3, -0.25) is 10.1 Å². The van der Waals surface area contributed by atoms with Gasteiger partial charge in [0.1, 0.15) is 5.82 Å². The zero-order valence-electron chi connectivity index (χ0n) is 14.7. The van der Waals surface area contributed by atoms with E-state index in [-0.39, 0.29) is 24.5 Å². The summed E-state index contributed by atoms with van der Waals surface area (Å²) in [5, 5.41) is 6.94. The normalized spacial score (nSPS) is 10.4. The molecule has 0 aliphatic heterocycles. The molecule has 1 heterocycles. The van der Waals surface area contributed by atoms with Gasteiger partial charge in [-0.05, 0) is 42.8 Å². The van der Waals surface area contributed by atoms with Gasteiger partial charge in [0.25, 0.3) is 5.56 Å². The fourth-order valence-corrected chi connectivity index (χ4v) is 2.57. The van der Waals surface area contributed by atoms with Gasteiger partial charge >= 0.3 is 6.09 Å². The molecule has 0 atom stereocenters. The first-order chi connectivity index (χ1) is 13.0. The second kappa shape index (κ2) is 8.27. The molecule has 27 heavy (non-hydrogen) atoms. The molecule has 0 spiro atoms. The lowest BCUT2D eigenvalue weighted by atomic mass is 10.1. The highest BCUT2D eigenvalue weighted by atomic mass is 19.1. The van der Waals surface area contributed by atoms with Crippen LogP contribution in [0.4, 0.5) is 14.9 Å². The van der Waals surface area contributed by atoms with E-state index in [9.17, 15) is 14.0 Å². The van der Waals surface area contributed by atoms with Crippen molar-refractivity contribution in [1.29, 1.82) is 0 Å². The predicted octanol–water partition coefficient (Wildman–Crippen LogP) is 3.67. The maximum atomic E-state index is 13.4. The number of aromatic nitrogens is 2. The number of hydrogen-bond acceptors (Lipinski definition) is 4. The van der Waals surface area contributed by atoms with Crippen molar-refractivity contribution in [2.75, 3.05) is 11.9 Å². The molecule has 138 valence electrons. The molecular formula is C20H18FN3O3. The molecular weight excluding hydrogens is 349 g/mol. The van der Waals surface area contributed by atoms with E-state index in [1.165, 1.54) is 22.9 Å². The van der Waals surface area contributed by atoms with E-state index in [4.69, 9.17) is 4.74 Å². The summed E-state index contributed by atoms with van der Waals surface area (Å²) >= 11 is 0. The average molecular weight is 367 g/mol. The largest absolute Gasteiger partial charge is 0.450 e. The quantitative estimate of drug-likeness (QED) is 0.747. The predicted molar refractivity (Wildman–Crippen MR) is 100 cm³/mol. The molecule has 0 saturated heterocycles. The van der Waals surface area contributed by atoms with Crippen LogP contribution in [-0.4, -0.2) is 22.5 Å². The summed E-state index contributed by atoms with van der Waals surface area (Å²) in [7, 11) is 0. The first kappa shape index (κ1) is 18.3. The van der Waals surface area contributed by atoms with E-state index in [2.05, 4.69) is 10.4 Å². The van der Waals surface area contributed by atoms with Crippen LogP contribution in [0.5, 0.6) is 0 Å². The van der Waals surface area contributed by atoms with Gasteiger partial charge in [-0.25, -0.2) is 13.9 Å². The number of anilines is 1. The van der Waals surface area contributed by atoms with Crippen molar-refractivity contribution in [3.63, 3.8) is 0 Å². The SMILES string of the molecule is CCOC(=O)Nc1cccc(Cn2nc(-c3cccc(F)c3)ccc2=O)c1. The number of halogens is 1. The second-order valence-corrected chi connectivity index (χ2v) is 5.77. The molecule has 7 heteroatoms. The second-order valence-electron chi connectivity index (χ2n) is 5.77. The first-order valence-electron chi connectivity index (χ1n) is 8.42. The lowest BCUT2D eigenvalue weighted by Gasteiger charge is -2.10. The molecule has 2 aromatic carbocycles. The minimum absolute atomic E-state index is 0.209. The molecule has 0 radical (unpaired) electrons. The highest BCUT2D eigenvalue weighted by Crippen LogP contribution is 2.17. The van der Waals surface area contributed by atoms with Crippen molar-refractivity contribution in [3.05, 3.63) is 82.4 Å². The zero-order valence-corrected chi connectivity index (χ0v) is 14.7. The van der Waals surface area contributed by atoms with Gasteiger partial charge in [0.2, 0.25) is 0 Å². The van der Waals surface area contributed by atoms with Crippen LogP contribution >= 0.6 is 0 Å². The Morgan fingerprint density at radius 2 is 1.96 bits per heavy atom. The monoisotopic (exact) mass is 367 g/mol. The Hall–Kier alpha value is -3.48. The van der Waals surface area contributed by atoms with E-state index in [1.54, 1.807) is 43.3 Å². The van der Waals surface area contributed by atoms with E-state index in [0.29, 0.717) is 16.9 Å². The van der Waals surface area contributed by atoms with Crippen LogP contribution in [-0.2, 0) is 11.3 Å². The third kappa shape index (κ3) is 4.78. The number of benzene rings is 2. The fourth-order valence-electron chi connectivity index (χ4n) is 2.57. The Morgan fingerprint density at radius 1 is 1.15 bits per heavy atom. The van der Waals surface area contributed by atoms with Crippen LogP contribution in [0.25, 0.3) is 11.3 Å². The number of nitrogens with zero attached hydrogens (tertiary/aromatic N) is 2. The Bertz CT molecular complexity index is 1020. The molecule has 0 unspecified atom stereocenters. The standard InChI is InChI=1S/C20H18FN3O3/c1-2-27-20(26)22-17-8-3-5-14(11-17)13-24-19(25)10-9-18(23-24)15-6-4-7-16(21)12-15/h3-12H,2,13H2,1H3,(H,22,26). The summed E-state index contributed by atoms with van der Waals surface area (Å²) in [4.78, 5) is 23.7. The van der Waals surface area contributed by atoms with Crippen molar-refractivity contribution >= 4 is 11.8 Å². The zero-order chi connectivity index (χ0) is 19.2. The van der Waals surface area contributed by atoms with Crippen molar-refractivity contribution < 1.29 is 13.9 Å². The number of rotatable bonds is 5. The summed E-state index contributed by atoms with van der Waals surface area (Å²) in [5.41, 5.74) is 2.13. The van der Waals surface area contributed by atoms with Crippen LogP contribution in [0, 0.1) is 5.82 Å². The van der Waals surface area contributed by atoms with Crippen molar-refractivity contribution in [2.24, 2.45) is 0 Å². The molecule has 3 aromatic rings. The van der Waals surface area contributed by atoms with Gasteiger partial charge in [-0.15, -0.1) is 0 Å². The van der Waals surface area contributed by atoms with Crippen LogP contribution in [0.2, 0.25) is 0 Å². The molecule has 0 fully saturated rings. The Balaban J connectivity index is 1.84. The van der Waals surface area contributed by atoms with E-state index in [0.717, 1.165) is 5.56 Å². The average Bonchev–Trinajstić information content (AvgIpc) is 2.64. The summed E-state index contributed by atoms with van der Waals surface area (Å²) < 4.78 is 19.6. The third-order valence-corrected chi connectivity index (χ3v) is 3.77. The topological polar surface area (TPSA) is 73.2 Å². The smallest absolute Gasteiger partial charge is 0.411 e. The molecule has 1 amide bonds. The summed E-state index contributed by atoms with van der Waals surface area (Å²) in [6.45, 7) is 2.21. The minimum atomic E-state index is -0.543. The fraction of sp³-hybridized carbons (Fsp3) is 0.150. The van der Waals surface area contributed by atoms with E-state index >= 15 is 0 Å². The Labute approximate surface area is 155 Å². The first-order valence-corrected chi connectivity index (χ1v) is 8.42. The number of carbonyl (C=O) groups is 1. The Morgan fingerprint density at radius 3 is 2.74 bits per heavy atom. The van der Waals surface area contributed by atoms with Crippen LogP contribution < -0.4 is 10.9 Å². The summed E-state index contributed by atoms with van der Waals surface area (Å²) in [6.07, 6.45) is -0.543. The van der Waals surface area contributed by atoms with Crippen LogP contribution in [0.15, 0.2) is 65.5 Å². The van der Waals surface area contributed by atoms with E-state index < -0.39 is 6.09 Å². The van der Waals surface area contributed by atoms with Crippen molar-refractivity contribution in [2.45, 2.75) is 13.5 Å². The molecule has 0 saturated carbocycles. The summed E-state index contributed by atoms with van der Waals surface area (Å²) in [5.74, 6) is -0.371. The maximum Gasteiger partial charge on any atom is 0.411 e. The van der Waals surface area contributed by atoms with Gasteiger partial charge in [-0.2, -0.15) is 5.10 Å². The molecule has 1 aromatic heterocycles. The molecule has 0 aliphatic rings. The van der Waals surface area contributed by atoms with Gasteiger partial charge < -0.3 is 4.74 Å². The maximum absolute atomic E-state index is 13.4. The number of carbonyl (C=O) groups excluding carboxylic acids is 1. The van der Waals surface area contributed by atoms with Gasteiger partial charge in [0.15, 0.2) is 0 Å². The lowest BCUT2D eigenvalue weighted by molar-refractivity contribution is 0.168. The minimum Gasteiger partial charge on any atom is -0.450 e. The summed E-state index contributed by atoms with van der Waals surface area (Å²) in [6, 6.07) is 16.0. The number of ether oxygens (including phenoxy) is 1. The van der Waals surface area contributed by atoms with Crippen LogP contribution in [0.1, 0.15) is 12.5 Å². The molecule has 3 rings (SSSR count). The molecule has 6 nitrogen and oxygen atoms in total. The van der Waals surface area contributed by atoms with Gasteiger partial charge in [0, 0.05) is 17.3 Å². The molecule has 0 aliphatic carbocycles. The van der Waals surface area contributed by atoms with Crippen molar-refractivity contribution in [3.8, 4) is 11.3 Å². The number of amides is 1. The van der Waals surface area contributed by atoms with Crippen molar-refractivity contribution in [1.82, 2.24) is 9.78 Å². The molecule has 1 N–H and O–H groups in total. The Kier molecular flexibility index (Phi) is 5.61. The number of hydrogen-bond donors (Lipinski definition) is 1. The van der Waals surface area contributed by atoms with Gasteiger partial charge in [-0.1, -0.05) is 24.3 Å². The number of nitrogens with one attached hydrogen (secondary N) is 1. The third-order valence-electron chi connectivity index (χ3n) is 3.77. The highest BCUT2D eigenvalue weighted by Gasteiger charge is 2.07. The van der Waals surface area contributed by atoms with Crippen LogP contribution in [0.3, 0.4) is 0 Å². The van der Waals surface area contributed by atoms with Gasteiger partial charge in [0.05, 0.1) is 18.8 Å². The molecule has 0 bridgehead atoms. The highest BCUT2D eigenvalue weighted by molar-refractivity contribution is 5.84. The van der Waals surface area contributed by atoms with E-state index in [1.807, 2.05) is 6.07 Å². The lowest BCUT2D eigenvalue weighted by Crippen LogP contribution is -2.23.